The molecule has 2 fully saturated rings. The van der Waals surface area contributed by atoms with Gasteiger partial charge in [0.2, 0.25) is 0 Å². The third-order valence-corrected chi connectivity index (χ3v) is 3.03. The molecule has 2 N–H and O–H groups in total. The molecule has 13 heavy (non-hydrogen) atoms. The molecule has 1 saturated carbocycles. The second-order valence-electron chi connectivity index (χ2n) is 4.17. The van der Waals surface area contributed by atoms with Crippen LogP contribution in [0.25, 0.3) is 0 Å². The predicted molar refractivity (Wildman–Crippen MR) is 50.5 cm³/mol. The Bertz CT molecular complexity index is 151. The molecule has 3 heteroatoms. The third-order valence-electron chi connectivity index (χ3n) is 3.03. The Hall–Kier alpha value is -0.120. The Kier molecular flexibility index (Phi) is 3.19. The summed E-state index contributed by atoms with van der Waals surface area (Å²) < 4.78 is 11.2. The Balaban J connectivity index is 1.62. The maximum absolute atomic E-state index is 5.88. The summed E-state index contributed by atoms with van der Waals surface area (Å²) in [5, 5.41) is 0. The minimum atomic E-state index is 0.359. The maximum atomic E-state index is 5.88. The smallest absolute Gasteiger partial charge is 0.0813 e. The van der Waals surface area contributed by atoms with Gasteiger partial charge in [0.25, 0.3) is 0 Å². The highest BCUT2D eigenvalue weighted by molar-refractivity contribution is 4.82. The van der Waals surface area contributed by atoms with E-state index in [1.165, 1.54) is 6.42 Å². The topological polar surface area (TPSA) is 44.5 Å². The molecule has 1 aliphatic carbocycles. The van der Waals surface area contributed by atoms with Gasteiger partial charge in [-0.3, -0.25) is 0 Å². The molecular weight excluding hydrogens is 166 g/mol. The van der Waals surface area contributed by atoms with Gasteiger partial charge in [0.05, 0.1) is 18.8 Å². The number of ether oxygens (including phenoxy) is 2. The van der Waals surface area contributed by atoms with Crippen LogP contribution in [-0.2, 0) is 9.47 Å². The van der Waals surface area contributed by atoms with E-state index in [-0.39, 0.29) is 0 Å². The van der Waals surface area contributed by atoms with Gasteiger partial charge in [-0.2, -0.15) is 0 Å². The highest BCUT2D eigenvalue weighted by Crippen LogP contribution is 2.30. The summed E-state index contributed by atoms with van der Waals surface area (Å²) in [6.07, 6.45) is 5.47. The SMILES string of the molecule is NCC1CC(OC2CCCOC2)C1. The average molecular weight is 185 g/mol. The van der Waals surface area contributed by atoms with Gasteiger partial charge in [-0.25, -0.2) is 0 Å². The largest absolute Gasteiger partial charge is 0.379 e. The van der Waals surface area contributed by atoms with Crippen LogP contribution >= 0.6 is 0 Å². The summed E-state index contributed by atoms with van der Waals surface area (Å²) in [5.41, 5.74) is 5.55. The maximum Gasteiger partial charge on any atom is 0.0813 e. The van der Waals surface area contributed by atoms with Crippen LogP contribution in [-0.4, -0.2) is 32.0 Å². The highest BCUT2D eigenvalue weighted by Gasteiger charge is 2.31. The van der Waals surface area contributed by atoms with Crippen molar-refractivity contribution in [3.8, 4) is 0 Å². The van der Waals surface area contributed by atoms with Crippen molar-refractivity contribution in [3.05, 3.63) is 0 Å². The van der Waals surface area contributed by atoms with Crippen molar-refractivity contribution < 1.29 is 9.47 Å². The molecule has 0 aromatic carbocycles. The van der Waals surface area contributed by atoms with E-state index in [0.717, 1.165) is 44.9 Å². The second kappa shape index (κ2) is 4.40. The molecule has 1 aliphatic heterocycles. The van der Waals surface area contributed by atoms with Crippen LogP contribution in [0, 0.1) is 5.92 Å². The summed E-state index contributed by atoms with van der Waals surface area (Å²) in [6.45, 7) is 2.53. The highest BCUT2D eigenvalue weighted by atomic mass is 16.5. The van der Waals surface area contributed by atoms with Gasteiger partial charge in [-0.15, -0.1) is 0 Å². The first-order valence-electron chi connectivity index (χ1n) is 5.31. The van der Waals surface area contributed by atoms with Crippen molar-refractivity contribution in [3.63, 3.8) is 0 Å². The van der Waals surface area contributed by atoms with Crippen LogP contribution in [0.3, 0.4) is 0 Å². The lowest BCUT2D eigenvalue weighted by atomic mass is 9.82. The number of hydrogen-bond acceptors (Lipinski definition) is 3. The standard InChI is InChI=1S/C10H19NO2/c11-6-8-4-10(5-8)13-9-2-1-3-12-7-9/h8-10H,1-7,11H2. The molecule has 1 atom stereocenters. The van der Waals surface area contributed by atoms with Crippen LogP contribution in [0.4, 0.5) is 0 Å². The molecule has 2 rings (SSSR count). The minimum absolute atomic E-state index is 0.359. The van der Waals surface area contributed by atoms with E-state index in [1.54, 1.807) is 0 Å². The normalized spacial score (nSPS) is 39.9. The van der Waals surface area contributed by atoms with E-state index >= 15 is 0 Å². The lowest BCUT2D eigenvalue weighted by Crippen LogP contribution is -2.40. The van der Waals surface area contributed by atoms with E-state index < -0.39 is 0 Å². The monoisotopic (exact) mass is 185 g/mol. The van der Waals surface area contributed by atoms with E-state index in [1.807, 2.05) is 0 Å². The van der Waals surface area contributed by atoms with Gasteiger partial charge in [0.15, 0.2) is 0 Å². The lowest BCUT2D eigenvalue weighted by Gasteiger charge is -2.37. The summed E-state index contributed by atoms with van der Waals surface area (Å²) >= 11 is 0. The van der Waals surface area contributed by atoms with E-state index in [9.17, 15) is 0 Å². The van der Waals surface area contributed by atoms with Crippen LogP contribution in [0.2, 0.25) is 0 Å². The average Bonchev–Trinajstić information content (AvgIpc) is 2.12. The molecule has 0 spiro atoms. The number of nitrogens with two attached hydrogens (primary N) is 1. The van der Waals surface area contributed by atoms with Gasteiger partial charge < -0.3 is 15.2 Å². The predicted octanol–water partition coefficient (Wildman–Crippen LogP) is 0.919. The molecule has 0 aromatic rings. The van der Waals surface area contributed by atoms with Gasteiger partial charge in [-0.1, -0.05) is 0 Å². The van der Waals surface area contributed by atoms with E-state index in [0.29, 0.717) is 12.2 Å². The van der Waals surface area contributed by atoms with Gasteiger partial charge in [0, 0.05) is 6.61 Å². The third kappa shape index (κ3) is 2.42. The first-order chi connectivity index (χ1) is 6.38. The molecule has 0 bridgehead atoms. The van der Waals surface area contributed by atoms with E-state index in [2.05, 4.69) is 0 Å². The Morgan fingerprint density at radius 3 is 2.77 bits per heavy atom. The Morgan fingerprint density at radius 2 is 2.15 bits per heavy atom. The van der Waals surface area contributed by atoms with Gasteiger partial charge >= 0.3 is 0 Å². The fourth-order valence-electron chi connectivity index (χ4n) is 2.07. The Labute approximate surface area is 79.6 Å². The molecule has 0 radical (unpaired) electrons. The zero-order chi connectivity index (χ0) is 9.10. The fourth-order valence-corrected chi connectivity index (χ4v) is 2.07. The van der Waals surface area contributed by atoms with Crippen molar-refractivity contribution in [2.24, 2.45) is 11.7 Å². The molecule has 0 aromatic heterocycles. The van der Waals surface area contributed by atoms with Crippen molar-refractivity contribution >= 4 is 0 Å². The van der Waals surface area contributed by atoms with Crippen molar-refractivity contribution in [1.29, 1.82) is 0 Å². The van der Waals surface area contributed by atoms with Gasteiger partial charge in [0.1, 0.15) is 0 Å². The molecule has 2 aliphatic rings. The molecular formula is C10H19NO2. The minimum Gasteiger partial charge on any atom is -0.379 e. The first-order valence-corrected chi connectivity index (χ1v) is 5.31. The number of hydrogen-bond donors (Lipinski definition) is 1. The summed E-state index contributed by atoms with van der Waals surface area (Å²) in [6, 6.07) is 0. The van der Waals surface area contributed by atoms with Crippen molar-refractivity contribution in [2.75, 3.05) is 19.8 Å². The van der Waals surface area contributed by atoms with Crippen LogP contribution < -0.4 is 5.73 Å². The summed E-state index contributed by atoms with van der Waals surface area (Å²) in [7, 11) is 0. The number of rotatable bonds is 3. The first kappa shape index (κ1) is 9.44. The summed E-state index contributed by atoms with van der Waals surface area (Å²) in [5.74, 6) is 0.717. The second-order valence-corrected chi connectivity index (χ2v) is 4.17. The molecule has 1 saturated heterocycles. The molecule has 1 unspecified atom stereocenters. The molecule has 3 nitrogen and oxygen atoms in total. The van der Waals surface area contributed by atoms with Crippen LogP contribution in [0.1, 0.15) is 25.7 Å². The molecule has 0 amide bonds. The zero-order valence-corrected chi connectivity index (χ0v) is 8.08. The molecule has 1 heterocycles. The quantitative estimate of drug-likeness (QED) is 0.711. The van der Waals surface area contributed by atoms with Crippen LogP contribution in [0.15, 0.2) is 0 Å². The van der Waals surface area contributed by atoms with Crippen molar-refractivity contribution in [1.82, 2.24) is 0 Å². The lowest BCUT2D eigenvalue weighted by molar-refractivity contribution is -0.119. The van der Waals surface area contributed by atoms with E-state index in [4.69, 9.17) is 15.2 Å². The Morgan fingerprint density at radius 1 is 1.31 bits per heavy atom. The summed E-state index contributed by atoms with van der Waals surface area (Å²) in [4.78, 5) is 0. The van der Waals surface area contributed by atoms with Gasteiger partial charge in [-0.05, 0) is 38.1 Å². The zero-order valence-electron chi connectivity index (χ0n) is 8.08. The van der Waals surface area contributed by atoms with Crippen LogP contribution in [0.5, 0.6) is 0 Å². The molecule has 76 valence electrons. The van der Waals surface area contributed by atoms with Crippen molar-refractivity contribution in [2.45, 2.75) is 37.9 Å². The fraction of sp³-hybridized carbons (Fsp3) is 1.00.